The average molecular weight is 1110 g/mol. The van der Waals surface area contributed by atoms with Crippen LogP contribution in [0.1, 0.15) is 341 Å². The van der Waals surface area contributed by atoms with Gasteiger partial charge in [-0.25, -0.2) is 4.57 Å². The monoisotopic (exact) mass is 1110 g/mol. The molecule has 0 aliphatic heterocycles. The maximum atomic E-state index is 13.0. The first-order valence-corrected chi connectivity index (χ1v) is 35.4. The Hall–Kier alpha value is -1.28. The van der Waals surface area contributed by atoms with Crippen LogP contribution in [0.15, 0.2) is 36.5 Å². The minimum absolute atomic E-state index is 0.0578. The number of nitrogens with one attached hydrogen (secondary N) is 1. The lowest BCUT2D eigenvalue weighted by Gasteiger charge is -2.25. The molecular weight excluding hydrogens is 972 g/mol. The second-order valence-electron chi connectivity index (χ2n) is 24.5. The van der Waals surface area contributed by atoms with Crippen LogP contribution in [0.3, 0.4) is 0 Å². The number of quaternary nitrogens is 1. The molecule has 0 fully saturated rings. The quantitative estimate of drug-likeness (QED) is 0.0243. The van der Waals surface area contributed by atoms with Crippen molar-refractivity contribution in [3.05, 3.63) is 36.5 Å². The van der Waals surface area contributed by atoms with Crippen LogP contribution in [0, 0.1) is 0 Å². The lowest BCUT2D eigenvalue weighted by Crippen LogP contribution is -2.45. The van der Waals surface area contributed by atoms with Gasteiger partial charge < -0.3 is 19.8 Å². The Morgan fingerprint density at radius 1 is 0.429 bits per heavy atom. The number of phosphoric ester groups is 1. The van der Waals surface area contributed by atoms with Crippen LogP contribution >= 0.6 is 7.82 Å². The number of aliphatic hydroxyl groups is 1. The van der Waals surface area contributed by atoms with E-state index in [9.17, 15) is 19.4 Å². The van der Waals surface area contributed by atoms with Crippen molar-refractivity contribution in [1.82, 2.24) is 5.32 Å². The second-order valence-corrected chi connectivity index (χ2v) is 26.0. The van der Waals surface area contributed by atoms with E-state index in [-0.39, 0.29) is 19.1 Å². The average Bonchev–Trinajstić information content (AvgIpc) is 3.39. The molecule has 456 valence electrons. The number of hydrogen-bond acceptors (Lipinski definition) is 5. The SMILES string of the molecule is CCCCCCCCCC/C=C\CCCCCCCCCCCCCCCCCCCC(=O)NC(COP(=O)(O)OCC[N+](C)(C)C)C(O)/C=C/CC/C=C/CCCCCCCCCCCCCCCCCCCCCC. The molecule has 3 atom stereocenters. The number of allylic oxidation sites excluding steroid dienone is 5. The van der Waals surface area contributed by atoms with Gasteiger partial charge in [-0.05, 0) is 57.8 Å². The molecule has 3 unspecified atom stereocenters. The van der Waals surface area contributed by atoms with Gasteiger partial charge in [0.15, 0.2) is 0 Å². The first-order valence-electron chi connectivity index (χ1n) is 33.9. The first kappa shape index (κ1) is 75.7. The van der Waals surface area contributed by atoms with Gasteiger partial charge in [-0.3, -0.25) is 13.8 Å². The van der Waals surface area contributed by atoms with E-state index < -0.39 is 20.0 Å². The van der Waals surface area contributed by atoms with Gasteiger partial charge in [0.1, 0.15) is 13.2 Å². The van der Waals surface area contributed by atoms with Gasteiger partial charge in [-0.1, -0.05) is 314 Å². The smallest absolute Gasteiger partial charge is 0.387 e. The summed E-state index contributed by atoms with van der Waals surface area (Å²) in [6.45, 7) is 4.85. The molecule has 0 bridgehead atoms. The lowest BCUT2D eigenvalue weighted by molar-refractivity contribution is -0.870. The molecule has 0 aliphatic carbocycles. The van der Waals surface area contributed by atoms with E-state index in [0.29, 0.717) is 17.4 Å². The van der Waals surface area contributed by atoms with Gasteiger partial charge in [-0.15, -0.1) is 0 Å². The molecule has 0 aromatic heterocycles. The summed E-state index contributed by atoms with van der Waals surface area (Å²) in [6, 6.07) is -0.863. The zero-order chi connectivity index (χ0) is 56.3. The zero-order valence-electron chi connectivity index (χ0n) is 52.2. The predicted octanol–water partition coefficient (Wildman–Crippen LogP) is 21.3. The maximum Gasteiger partial charge on any atom is 0.472 e. The molecule has 0 saturated carbocycles. The Labute approximate surface area is 480 Å². The Morgan fingerprint density at radius 2 is 0.714 bits per heavy atom. The molecule has 0 heterocycles. The van der Waals surface area contributed by atoms with Crippen molar-refractivity contribution in [2.45, 2.75) is 353 Å². The normalized spacial score (nSPS) is 13.9. The topological polar surface area (TPSA) is 105 Å². The third-order valence-electron chi connectivity index (χ3n) is 15.6. The molecular formula is C68H134N2O6P+. The number of unbranched alkanes of at least 4 members (excludes halogenated alkanes) is 46. The van der Waals surface area contributed by atoms with E-state index in [2.05, 4.69) is 43.5 Å². The summed E-state index contributed by atoms with van der Waals surface area (Å²) in [5, 5.41) is 14.0. The molecule has 9 heteroatoms. The van der Waals surface area contributed by atoms with Gasteiger partial charge in [0.05, 0.1) is 39.9 Å². The first-order chi connectivity index (χ1) is 37.5. The minimum Gasteiger partial charge on any atom is -0.387 e. The summed E-state index contributed by atoms with van der Waals surface area (Å²) in [6.07, 6.45) is 78.6. The van der Waals surface area contributed by atoms with E-state index in [0.717, 1.165) is 38.5 Å². The summed E-state index contributed by atoms with van der Waals surface area (Å²) in [7, 11) is 1.57. The highest BCUT2D eigenvalue weighted by Crippen LogP contribution is 2.43. The van der Waals surface area contributed by atoms with Crippen molar-refractivity contribution < 1.29 is 32.9 Å². The van der Waals surface area contributed by atoms with Gasteiger partial charge in [0.2, 0.25) is 5.91 Å². The molecule has 8 nitrogen and oxygen atoms in total. The summed E-state index contributed by atoms with van der Waals surface area (Å²) >= 11 is 0. The van der Waals surface area contributed by atoms with Crippen molar-refractivity contribution in [2.24, 2.45) is 0 Å². The number of hydrogen-bond donors (Lipinski definition) is 3. The number of amides is 1. The fourth-order valence-corrected chi connectivity index (χ4v) is 11.0. The van der Waals surface area contributed by atoms with Gasteiger partial charge in [0.25, 0.3) is 0 Å². The number of phosphoric acid groups is 1. The predicted molar refractivity (Wildman–Crippen MR) is 337 cm³/mol. The van der Waals surface area contributed by atoms with Crippen LogP contribution in [-0.4, -0.2) is 73.4 Å². The lowest BCUT2D eigenvalue weighted by atomic mass is 10.0. The minimum atomic E-state index is -4.36. The molecule has 0 spiro atoms. The van der Waals surface area contributed by atoms with Crippen LogP contribution < -0.4 is 5.32 Å². The molecule has 0 radical (unpaired) electrons. The number of aliphatic hydroxyl groups excluding tert-OH is 1. The summed E-state index contributed by atoms with van der Waals surface area (Å²) < 4.78 is 23.8. The number of carbonyl (C=O) groups excluding carboxylic acids is 1. The Bertz CT molecular complexity index is 1350. The Balaban J connectivity index is 4.11. The molecule has 0 aromatic rings. The third-order valence-corrected chi connectivity index (χ3v) is 16.6. The molecule has 0 aromatic carbocycles. The standard InChI is InChI=1S/C68H133N2O6P/c1-6-8-10-12-14-16-18-20-22-24-26-28-30-32-34-35-36-38-40-42-44-46-48-50-52-54-56-58-60-62-68(72)69-66(65-76-77(73,74)75-64-63-70(3,4)5)67(71)61-59-57-55-53-51-49-47-45-43-41-39-37-33-31-29-27-25-23-21-19-17-15-13-11-9-7-2/h24,26,51,53,59,61,66-67,71H,6-23,25,27-50,52,54-58,60,62-65H2,1-5H3,(H-,69,72,73,74)/p+1/b26-24-,53-51+,61-59+. The number of nitrogens with zero attached hydrogens (tertiary/aromatic N) is 1. The Morgan fingerprint density at radius 3 is 1.04 bits per heavy atom. The fraction of sp³-hybridized carbons (Fsp3) is 0.897. The van der Waals surface area contributed by atoms with Crippen molar-refractivity contribution in [3.8, 4) is 0 Å². The number of carbonyl (C=O) groups is 1. The van der Waals surface area contributed by atoms with E-state index in [1.165, 1.54) is 283 Å². The largest absolute Gasteiger partial charge is 0.472 e. The maximum absolute atomic E-state index is 13.0. The van der Waals surface area contributed by atoms with Crippen LogP contribution in [0.25, 0.3) is 0 Å². The summed E-state index contributed by atoms with van der Waals surface area (Å²) in [4.78, 5) is 23.4. The van der Waals surface area contributed by atoms with Crippen molar-refractivity contribution in [1.29, 1.82) is 0 Å². The third kappa shape index (κ3) is 62.2. The van der Waals surface area contributed by atoms with Gasteiger partial charge in [0, 0.05) is 6.42 Å². The van der Waals surface area contributed by atoms with E-state index in [1.54, 1.807) is 6.08 Å². The van der Waals surface area contributed by atoms with Crippen LogP contribution in [0.4, 0.5) is 0 Å². The van der Waals surface area contributed by atoms with E-state index >= 15 is 0 Å². The van der Waals surface area contributed by atoms with Gasteiger partial charge in [-0.2, -0.15) is 0 Å². The zero-order valence-corrected chi connectivity index (χ0v) is 53.1. The van der Waals surface area contributed by atoms with Crippen molar-refractivity contribution in [2.75, 3.05) is 40.9 Å². The van der Waals surface area contributed by atoms with E-state index in [1.807, 2.05) is 27.2 Å². The van der Waals surface area contributed by atoms with Gasteiger partial charge >= 0.3 is 7.82 Å². The molecule has 0 rings (SSSR count). The highest BCUT2D eigenvalue weighted by Gasteiger charge is 2.28. The molecule has 3 N–H and O–H groups in total. The molecule has 0 saturated heterocycles. The van der Waals surface area contributed by atoms with Crippen LogP contribution in [-0.2, 0) is 18.4 Å². The summed E-state index contributed by atoms with van der Waals surface area (Å²) in [5.41, 5.74) is 0. The van der Waals surface area contributed by atoms with Crippen LogP contribution in [0.2, 0.25) is 0 Å². The summed E-state index contributed by atoms with van der Waals surface area (Å²) in [5.74, 6) is -0.180. The molecule has 77 heavy (non-hydrogen) atoms. The van der Waals surface area contributed by atoms with Crippen molar-refractivity contribution >= 4 is 13.7 Å². The van der Waals surface area contributed by atoms with Crippen LogP contribution in [0.5, 0.6) is 0 Å². The molecule has 1 amide bonds. The number of rotatable bonds is 63. The highest BCUT2D eigenvalue weighted by atomic mass is 31.2. The number of likely N-dealkylation sites (N-methyl/N-ethyl adjacent to an activating group) is 1. The van der Waals surface area contributed by atoms with Crippen molar-refractivity contribution in [3.63, 3.8) is 0 Å². The highest BCUT2D eigenvalue weighted by molar-refractivity contribution is 7.47. The second kappa shape index (κ2) is 59.3. The van der Waals surface area contributed by atoms with E-state index in [4.69, 9.17) is 9.05 Å². The fourth-order valence-electron chi connectivity index (χ4n) is 10.3. The molecule has 0 aliphatic rings. The Kier molecular flexibility index (Phi) is 58.4.